The Bertz CT molecular complexity index is 1580. The minimum absolute atomic E-state index is 0.0647. The fraction of sp³-hybridized carbons (Fsp3) is 0.250. The summed E-state index contributed by atoms with van der Waals surface area (Å²) in [5.41, 5.74) is 6.26. The van der Waals surface area contributed by atoms with Crippen LogP contribution in [0.4, 0.5) is 5.69 Å². The normalized spacial score (nSPS) is 12.2. The summed E-state index contributed by atoms with van der Waals surface area (Å²) in [5, 5.41) is 13.1. The molecule has 2 aromatic carbocycles. The van der Waals surface area contributed by atoms with Crippen molar-refractivity contribution in [3.63, 3.8) is 0 Å². The first-order chi connectivity index (χ1) is 18.6. The number of benzene rings is 2. The van der Waals surface area contributed by atoms with Gasteiger partial charge >= 0.3 is 16.1 Å². The highest BCUT2D eigenvalue weighted by molar-refractivity contribution is 7.86. The van der Waals surface area contributed by atoms with Crippen LogP contribution in [-0.4, -0.2) is 49.3 Å². The van der Waals surface area contributed by atoms with E-state index < -0.39 is 27.9 Å². The Kier molecular flexibility index (Phi) is 8.74. The summed E-state index contributed by atoms with van der Waals surface area (Å²) in [5.74, 6) is -2.43. The predicted molar refractivity (Wildman–Crippen MR) is 152 cm³/mol. The Morgan fingerprint density at radius 3 is 2.17 bits per heavy atom. The first-order valence-corrected chi connectivity index (χ1v) is 14.0. The van der Waals surface area contributed by atoms with E-state index in [1.807, 2.05) is 27.7 Å². The van der Waals surface area contributed by atoms with Gasteiger partial charge < -0.3 is 20.6 Å². The zero-order valence-electron chi connectivity index (χ0n) is 22.7. The van der Waals surface area contributed by atoms with Gasteiger partial charge in [-0.1, -0.05) is 32.9 Å². The van der Waals surface area contributed by atoms with Gasteiger partial charge in [0.25, 0.3) is 11.8 Å². The molecule has 11 nitrogen and oxygen atoms in total. The summed E-state index contributed by atoms with van der Waals surface area (Å²) in [7, 11) is -4.19. The van der Waals surface area contributed by atoms with Crippen LogP contribution >= 0.6 is 0 Å². The molecule has 0 saturated heterocycles. The lowest BCUT2D eigenvalue weighted by molar-refractivity contribution is 0.0748. The first kappa shape index (κ1) is 30.0. The van der Waals surface area contributed by atoms with E-state index in [0.717, 1.165) is 6.26 Å². The van der Waals surface area contributed by atoms with Crippen LogP contribution in [0.1, 0.15) is 64.5 Å². The number of nitrogens with zero attached hydrogens (tertiary/aromatic N) is 1. The van der Waals surface area contributed by atoms with Crippen LogP contribution in [0.25, 0.3) is 11.1 Å². The standard InChI is InChI=1S/C28H31N5O6S/c1-16(28(2,3)4)32-25(34)18-10-13-20(22(15-18)27(36)39-40(5,37)38)21-7-6-14-31-23(21)26(35)33-19-11-8-17(9-12-19)24(29)30/h6-16H,1-5H3,(H3,29,30)(H,32,34)(H,33,35). The van der Waals surface area contributed by atoms with Gasteiger partial charge in [0, 0.05) is 34.6 Å². The van der Waals surface area contributed by atoms with Crippen molar-refractivity contribution in [1.29, 1.82) is 5.41 Å². The molecule has 0 fully saturated rings. The number of hydrogen-bond acceptors (Lipinski definition) is 8. The fourth-order valence-electron chi connectivity index (χ4n) is 3.50. The molecule has 0 bridgehead atoms. The average molecular weight is 566 g/mol. The molecule has 0 radical (unpaired) electrons. The minimum atomic E-state index is -4.19. The molecule has 210 valence electrons. The number of nitrogen functional groups attached to an aromatic ring is 1. The lowest BCUT2D eigenvalue weighted by Gasteiger charge is -2.28. The average Bonchev–Trinajstić information content (AvgIpc) is 2.87. The van der Waals surface area contributed by atoms with Crippen LogP contribution in [0.15, 0.2) is 60.8 Å². The zero-order chi connectivity index (χ0) is 29.8. The van der Waals surface area contributed by atoms with Crippen molar-refractivity contribution in [2.24, 2.45) is 11.1 Å². The van der Waals surface area contributed by atoms with E-state index in [4.69, 9.17) is 11.1 Å². The molecule has 2 amide bonds. The highest BCUT2D eigenvalue weighted by Gasteiger charge is 2.26. The number of aromatic nitrogens is 1. The molecule has 0 spiro atoms. The van der Waals surface area contributed by atoms with E-state index in [0.29, 0.717) is 11.3 Å². The van der Waals surface area contributed by atoms with E-state index in [1.165, 1.54) is 30.5 Å². The molecule has 0 aliphatic rings. The van der Waals surface area contributed by atoms with Crippen molar-refractivity contribution in [2.45, 2.75) is 33.7 Å². The van der Waals surface area contributed by atoms with Crippen LogP contribution in [-0.2, 0) is 14.3 Å². The maximum Gasteiger partial charge on any atom is 0.354 e. The number of hydrogen-bond donors (Lipinski definition) is 4. The zero-order valence-corrected chi connectivity index (χ0v) is 23.5. The Labute approximate surface area is 232 Å². The maximum absolute atomic E-state index is 13.2. The lowest BCUT2D eigenvalue weighted by atomic mass is 9.88. The molecule has 1 unspecified atom stereocenters. The van der Waals surface area contributed by atoms with Crippen molar-refractivity contribution in [3.05, 3.63) is 83.2 Å². The van der Waals surface area contributed by atoms with Crippen molar-refractivity contribution in [2.75, 3.05) is 11.6 Å². The Hall–Kier alpha value is -4.58. The second-order valence-corrected chi connectivity index (χ2v) is 11.8. The SMILES string of the molecule is CC(NC(=O)c1ccc(-c2cccnc2C(=O)Nc2ccc(C(=N)N)cc2)c(C(=O)OS(C)(=O)=O)c1)C(C)(C)C. The molecular formula is C28H31N5O6S. The van der Waals surface area contributed by atoms with Gasteiger partial charge in [-0.2, -0.15) is 8.42 Å². The highest BCUT2D eigenvalue weighted by Crippen LogP contribution is 2.29. The van der Waals surface area contributed by atoms with Gasteiger partial charge in [0.2, 0.25) is 0 Å². The predicted octanol–water partition coefficient (Wildman–Crippen LogP) is 3.57. The third kappa shape index (κ3) is 7.50. The second-order valence-electron chi connectivity index (χ2n) is 10.2. The van der Waals surface area contributed by atoms with E-state index in [-0.39, 0.29) is 45.2 Å². The van der Waals surface area contributed by atoms with Crippen molar-refractivity contribution in [3.8, 4) is 11.1 Å². The Morgan fingerprint density at radius 2 is 1.60 bits per heavy atom. The molecule has 3 rings (SSSR count). The number of pyridine rings is 1. The molecule has 0 aliphatic carbocycles. The molecule has 40 heavy (non-hydrogen) atoms. The van der Waals surface area contributed by atoms with Crippen LogP contribution in [0.5, 0.6) is 0 Å². The smallest absolute Gasteiger partial charge is 0.354 e. The molecule has 5 N–H and O–H groups in total. The molecule has 12 heteroatoms. The lowest BCUT2D eigenvalue weighted by Crippen LogP contribution is -2.41. The van der Waals surface area contributed by atoms with Gasteiger partial charge in [0.1, 0.15) is 11.5 Å². The van der Waals surface area contributed by atoms with Crippen molar-refractivity contribution < 1.29 is 27.0 Å². The summed E-state index contributed by atoms with van der Waals surface area (Å²) in [6.07, 6.45) is 2.12. The summed E-state index contributed by atoms with van der Waals surface area (Å²) in [6, 6.07) is 13.3. The monoisotopic (exact) mass is 565 g/mol. The number of amidine groups is 1. The molecule has 1 aromatic heterocycles. The van der Waals surface area contributed by atoms with Gasteiger partial charge in [0.05, 0.1) is 11.8 Å². The van der Waals surface area contributed by atoms with Gasteiger partial charge in [-0.3, -0.25) is 20.0 Å². The van der Waals surface area contributed by atoms with Crippen molar-refractivity contribution in [1.82, 2.24) is 10.3 Å². The summed E-state index contributed by atoms with van der Waals surface area (Å²) >= 11 is 0. The number of nitrogens with one attached hydrogen (secondary N) is 3. The molecule has 1 heterocycles. The topological polar surface area (TPSA) is 181 Å². The first-order valence-electron chi connectivity index (χ1n) is 12.2. The summed E-state index contributed by atoms with van der Waals surface area (Å²) in [6.45, 7) is 7.73. The number of nitrogens with two attached hydrogens (primary N) is 1. The molecule has 0 saturated carbocycles. The van der Waals surface area contributed by atoms with Gasteiger partial charge in [-0.15, -0.1) is 0 Å². The third-order valence-corrected chi connectivity index (χ3v) is 6.60. The largest absolute Gasteiger partial charge is 0.384 e. The van der Waals surface area contributed by atoms with E-state index in [2.05, 4.69) is 19.8 Å². The second kappa shape index (κ2) is 11.7. The Balaban J connectivity index is 2.05. The number of amides is 2. The van der Waals surface area contributed by atoms with Crippen LogP contribution < -0.4 is 16.4 Å². The van der Waals surface area contributed by atoms with Crippen LogP contribution in [0.3, 0.4) is 0 Å². The van der Waals surface area contributed by atoms with Crippen LogP contribution in [0.2, 0.25) is 0 Å². The quantitative estimate of drug-likeness (QED) is 0.182. The summed E-state index contributed by atoms with van der Waals surface area (Å²) < 4.78 is 28.2. The number of anilines is 1. The van der Waals surface area contributed by atoms with Gasteiger partial charge in [0.15, 0.2) is 0 Å². The molecular weight excluding hydrogens is 534 g/mol. The number of carbonyl (C=O) groups excluding carboxylic acids is 3. The fourth-order valence-corrected chi connectivity index (χ4v) is 3.86. The molecule has 0 aliphatic heterocycles. The molecule has 1 atom stereocenters. The van der Waals surface area contributed by atoms with Gasteiger partial charge in [-0.05, 0) is 60.4 Å². The minimum Gasteiger partial charge on any atom is -0.384 e. The van der Waals surface area contributed by atoms with E-state index >= 15 is 0 Å². The number of carbonyl (C=O) groups is 3. The Morgan fingerprint density at radius 1 is 0.975 bits per heavy atom. The van der Waals surface area contributed by atoms with Gasteiger partial charge in [-0.25, -0.2) is 4.79 Å². The summed E-state index contributed by atoms with van der Waals surface area (Å²) in [4.78, 5) is 43.4. The van der Waals surface area contributed by atoms with Crippen LogP contribution in [0, 0.1) is 10.8 Å². The number of rotatable bonds is 8. The van der Waals surface area contributed by atoms with Crippen molar-refractivity contribution >= 4 is 39.4 Å². The third-order valence-electron chi connectivity index (χ3n) is 6.14. The van der Waals surface area contributed by atoms with E-state index in [9.17, 15) is 22.8 Å². The maximum atomic E-state index is 13.2. The van der Waals surface area contributed by atoms with E-state index in [1.54, 1.807) is 30.3 Å². The highest BCUT2D eigenvalue weighted by atomic mass is 32.2. The molecule has 3 aromatic rings.